The van der Waals surface area contributed by atoms with Gasteiger partial charge in [-0.2, -0.15) is 0 Å². The highest BCUT2D eigenvalue weighted by molar-refractivity contribution is 5.56. The molecule has 0 aromatic carbocycles. The fourth-order valence-electron chi connectivity index (χ4n) is 2.20. The molecule has 74 valence electrons. The van der Waals surface area contributed by atoms with Gasteiger partial charge in [-0.1, -0.05) is 38.2 Å². The Kier molecular flexibility index (Phi) is 2.45. The molecular formula is C14H18. The summed E-state index contributed by atoms with van der Waals surface area (Å²) < 4.78 is 0. The van der Waals surface area contributed by atoms with Crippen LogP contribution in [0.2, 0.25) is 0 Å². The van der Waals surface area contributed by atoms with Crippen LogP contribution in [0.1, 0.15) is 33.6 Å². The van der Waals surface area contributed by atoms with Gasteiger partial charge in [0.2, 0.25) is 0 Å². The van der Waals surface area contributed by atoms with Gasteiger partial charge in [0, 0.05) is 0 Å². The molecule has 0 saturated heterocycles. The van der Waals surface area contributed by atoms with Gasteiger partial charge in [0.15, 0.2) is 0 Å². The Morgan fingerprint density at radius 3 is 2.86 bits per heavy atom. The summed E-state index contributed by atoms with van der Waals surface area (Å²) in [5.74, 6) is 0.710. The number of fused-ring (bicyclic) bond motifs is 1. The van der Waals surface area contributed by atoms with Crippen molar-refractivity contribution in [1.29, 1.82) is 0 Å². The average Bonchev–Trinajstić information content (AvgIpc) is 2.45. The Hall–Kier alpha value is -1.04. The van der Waals surface area contributed by atoms with Gasteiger partial charge in [-0.3, -0.25) is 0 Å². The lowest BCUT2D eigenvalue weighted by molar-refractivity contribution is 0.738. The molecule has 0 spiro atoms. The van der Waals surface area contributed by atoms with Crippen molar-refractivity contribution in [3.63, 3.8) is 0 Å². The van der Waals surface area contributed by atoms with Crippen LogP contribution >= 0.6 is 0 Å². The Balaban J connectivity index is 2.46. The number of rotatable bonds is 1. The second-order valence-electron chi connectivity index (χ2n) is 4.30. The first-order valence-electron chi connectivity index (χ1n) is 5.52. The molecule has 0 bridgehead atoms. The molecular weight excluding hydrogens is 168 g/mol. The molecule has 0 aliphatic heterocycles. The fraction of sp³-hybridized carbons (Fsp3) is 0.429. The fourth-order valence-corrected chi connectivity index (χ4v) is 2.20. The zero-order valence-electron chi connectivity index (χ0n) is 9.30. The number of allylic oxidation sites excluding steroid dienone is 8. The van der Waals surface area contributed by atoms with Crippen LogP contribution < -0.4 is 0 Å². The van der Waals surface area contributed by atoms with Crippen LogP contribution in [-0.4, -0.2) is 0 Å². The molecule has 0 fully saturated rings. The zero-order valence-corrected chi connectivity index (χ0v) is 9.30. The monoisotopic (exact) mass is 186 g/mol. The Morgan fingerprint density at radius 1 is 1.36 bits per heavy atom. The van der Waals surface area contributed by atoms with Crippen molar-refractivity contribution in [2.75, 3.05) is 0 Å². The molecule has 2 rings (SSSR count). The van der Waals surface area contributed by atoms with E-state index in [1.165, 1.54) is 23.1 Å². The van der Waals surface area contributed by atoms with Crippen molar-refractivity contribution in [3.05, 3.63) is 46.6 Å². The van der Waals surface area contributed by atoms with E-state index in [9.17, 15) is 0 Å². The molecule has 14 heavy (non-hydrogen) atoms. The third-order valence-electron chi connectivity index (χ3n) is 3.24. The highest BCUT2D eigenvalue weighted by atomic mass is 14.3. The van der Waals surface area contributed by atoms with Crippen LogP contribution in [0.5, 0.6) is 0 Å². The lowest BCUT2D eigenvalue weighted by Crippen LogP contribution is -1.94. The van der Waals surface area contributed by atoms with Gasteiger partial charge < -0.3 is 0 Å². The van der Waals surface area contributed by atoms with Gasteiger partial charge in [0.1, 0.15) is 0 Å². The quantitative estimate of drug-likeness (QED) is 0.576. The first-order chi connectivity index (χ1) is 6.72. The first kappa shape index (κ1) is 9.51. The maximum atomic E-state index is 2.39. The van der Waals surface area contributed by atoms with E-state index in [1.54, 1.807) is 5.57 Å². The molecule has 2 aliphatic rings. The summed E-state index contributed by atoms with van der Waals surface area (Å²) in [5, 5.41) is 0. The van der Waals surface area contributed by atoms with Gasteiger partial charge in [0.05, 0.1) is 0 Å². The van der Waals surface area contributed by atoms with Crippen molar-refractivity contribution in [2.24, 2.45) is 5.92 Å². The number of hydrogen-bond acceptors (Lipinski definition) is 0. The van der Waals surface area contributed by atoms with E-state index >= 15 is 0 Å². The first-order valence-corrected chi connectivity index (χ1v) is 5.52. The standard InChI is InChI=1S/C14H18/c1-4-12-7-5-10(2)13-8-6-11(3)14(13)9-12/h5,7-9,11H,4,6H2,1-3H3. The topological polar surface area (TPSA) is 0 Å². The Labute approximate surface area is 86.7 Å². The van der Waals surface area contributed by atoms with Crippen molar-refractivity contribution in [1.82, 2.24) is 0 Å². The maximum absolute atomic E-state index is 2.39. The SMILES string of the molecule is CCC1=CC=C(C)C2=CCC(C)C2=C1. The predicted octanol–water partition coefficient (Wildman–Crippen LogP) is 4.18. The molecule has 0 radical (unpaired) electrons. The lowest BCUT2D eigenvalue weighted by Gasteiger charge is -2.09. The minimum absolute atomic E-state index is 0.710. The Bertz CT molecular complexity index is 361. The summed E-state index contributed by atoms with van der Waals surface area (Å²) in [6, 6.07) is 0. The summed E-state index contributed by atoms with van der Waals surface area (Å²) in [4.78, 5) is 0. The van der Waals surface area contributed by atoms with Crippen molar-refractivity contribution in [2.45, 2.75) is 33.6 Å². The zero-order chi connectivity index (χ0) is 10.1. The Morgan fingerprint density at radius 2 is 2.14 bits per heavy atom. The van der Waals surface area contributed by atoms with Crippen LogP contribution in [0.25, 0.3) is 0 Å². The van der Waals surface area contributed by atoms with E-state index in [0.717, 1.165) is 6.42 Å². The van der Waals surface area contributed by atoms with Crippen LogP contribution in [0.15, 0.2) is 46.6 Å². The van der Waals surface area contributed by atoms with Crippen LogP contribution in [0.4, 0.5) is 0 Å². The van der Waals surface area contributed by atoms with Gasteiger partial charge in [0.25, 0.3) is 0 Å². The lowest BCUT2D eigenvalue weighted by atomic mass is 9.95. The molecule has 0 amide bonds. The maximum Gasteiger partial charge on any atom is -0.0149 e. The molecule has 1 unspecified atom stereocenters. The van der Waals surface area contributed by atoms with E-state index < -0.39 is 0 Å². The minimum atomic E-state index is 0.710. The van der Waals surface area contributed by atoms with Gasteiger partial charge >= 0.3 is 0 Å². The summed E-state index contributed by atoms with van der Waals surface area (Å²) in [6.07, 6.45) is 11.6. The normalized spacial score (nSPS) is 25.8. The molecule has 0 N–H and O–H groups in total. The van der Waals surface area contributed by atoms with Crippen molar-refractivity contribution in [3.8, 4) is 0 Å². The third kappa shape index (κ3) is 1.50. The van der Waals surface area contributed by atoms with E-state index in [-0.39, 0.29) is 0 Å². The molecule has 0 saturated carbocycles. The molecule has 2 aliphatic carbocycles. The molecule has 0 nitrogen and oxygen atoms in total. The molecule has 0 heterocycles. The van der Waals surface area contributed by atoms with Crippen LogP contribution in [0.3, 0.4) is 0 Å². The molecule has 0 aromatic rings. The molecule has 0 heteroatoms. The summed E-state index contributed by atoms with van der Waals surface area (Å²) >= 11 is 0. The van der Waals surface area contributed by atoms with Gasteiger partial charge in [-0.25, -0.2) is 0 Å². The predicted molar refractivity (Wildman–Crippen MR) is 62.1 cm³/mol. The smallest absolute Gasteiger partial charge is 0.0149 e. The van der Waals surface area contributed by atoms with Gasteiger partial charge in [-0.05, 0) is 48.0 Å². The van der Waals surface area contributed by atoms with Crippen molar-refractivity contribution >= 4 is 0 Å². The summed E-state index contributed by atoms with van der Waals surface area (Å²) in [6.45, 7) is 6.76. The number of hydrogen-bond donors (Lipinski definition) is 0. The summed E-state index contributed by atoms with van der Waals surface area (Å²) in [7, 11) is 0. The third-order valence-corrected chi connectivity index (χ3v) is 3.24. The van der Waals surface area contributed by atoms with E-state index in [0.29, 0.717) is 5.92 Å². The highest BCUT2D eigenvalue weighted by Gasteiger charge is 2.21. The minimum Gasteiger partial charge on any atom is -0.0761 e. The van der Waals surface area contributed by atoms with Gasteiger partial charge in [-0.15, -0.1) is 0 Å². The van der Waals surface area contributed by atoms with E-state index in [2.05, 4.69) is 45.1 Å². The van der Waals surface area contributed by atoms with Crippen molar-refractivity contribution < 1.29 is 0 Å². The molecule has 1 atom stereocenters. The average molecular weight is 186 g/mol. The summed E-state index contributed by atoms with van der Waals surface area (Å²) in [5.41, 5.74) is 5.90. The molecule has 0 aromatic heterocycles. The van der Waals surface area contributed by atoms with E-state index in [4.69, 9.17) is 0 Å². The largest absolute Gasteiger partial charge is 0.0761 e. The second kappa shape index (κ2) is 3.61. The van der Waals surface area contributed by atoms with Crippen LogP contribution in [0, 0.1) is 5.92 Å². The van der Waals surface area contributed by atoms with E-state index in [1.807, 2.05) is 0 Å². The highest BCUT2D eigenvalue weighted by Crippen LogP contribution is 2.37. The second-order valence-corrected chi connectivity index (χ2v) is 4.30. The van der Waals surface area contributed by atoms with Crippen LogP contribution in [-0.2, 0) is 0 Å².